The van der Waals surface area contributed by atoms with E-state index < -0.39 is 0 Å². The predicted molar refractivity (Wildman–Crippen MR) is 87.6 cm³/mol. The maximum absolute atomic E-state index is 6.52. The first-order valence-electron chi connectivity index (χ1n) is 7.29. The Morgan fingerprint density at radius 2 is 2.05 bits per heavy atom. The van der Waals surface area contributed by atoms with E-state index in [1.54, 1.807) is 0 Å². The predicted octanol–water partition coefficient (Wildman–Crippen LogP) is 3.43. The van der Waals surface area contributed by atoms with Crippen molar-refractivity contribution in [2.75, 3.05) is 4.90 Å². The van der Waals surface area contributed by atoms with Crippen molar-refractivity contribution >= 4 is 28.9 Å². The molecule has 0 aliphatic carbocycles. The van der Waals surface area contributed by atoms with E-state index in [4.69, 9.17) is 28.9 Å². The van der Waals surface area contributed by atoms with Crippen LogP contribution in [0.3, 0.4) is 0 Å². The van der Waals surface area contributed by atoms with Gasteiger partial charge in [0.1, 0.15) is 6.17 Å². The molecule has 3 heterocycles. The number of rotatable bonds is 1. The van der Waals surface area contributed by atoms with Gasteiger partial charge in [0.05, 0.1) is 10.0 Å². The van der Waals surface area contributed by atoms with E-state index in [1.807, 2.05) is 18.2 Å². The number of nitrogens with one attached hydrogen (secondary N) is 1. The second-order valence-electron chi connectivity index (χ2n) is 5.94. The van der Waals surface area contributed by atoms with Crippen molar-refractivity contribution in [1.29, 1.82) is 0 Å². The summed E-state index contributed by atoms with van der Waals surface area (Å²) in [7, 11) is 0. The molecule has 3 N–H and O–H groups in total. The second kappa shape index (κ2) is 5.03. The van der Waals surface area contributed by atoms with Crippen LogP contribution in [0.25, 0.3) is 0 Å². The number of hydrogen-bond acceptors (Lipinski definition) is 3. The third-order valence-corrected chi connectivity index (χ3v) is 5.46. The minimum Gasteiger partial charge on any atom is -0.328 e. The van der Waals surface area contributed by atoms with Gasteiger partial charge in [-0.25, -0.2) is 0 Å². The van der Waals surface area contributed by atoms with E-state index in [-0.39, 0.29) is 6.17 Å². The number of halogens is 2. The third kappa shape index (κ3) is 2.20. The van der Waals surface area contributed by atoms with Gasteiger partial charge in [-0.2, -0.15) is 0 Å². The molecule has 5 heteroatoms. The lowest BCUT2D eigenvalue weighted by Gasteiger charge is -2.38. The van der Waals surface area contributed by atoms with Gasteiger partial charge in [-0.05, 0) is 54.7 Å². The van der Waals surface area contributed by atoms with Gasteiger partial charge in [0.25, 0.3) is 0 Å². The van der Waals surface area contributed by atoms with E-state index in [1.165, 1.54) is 24.0 Å². The van der Waals surface area contributed by atoms with Crippen LogP contribution in [-0.2, 0) is 0 Å². The summed E-state index contributed by atoms with van der Waals surface area (Å²) in [6.45, 7) is 0. The summed E-state index contributed by atoms with van der Waals surface area (Å²) >= 11 is 12.1. The van der Waals surface area contributed by atoms with Crippen molar-refractivity contribution < 1.29 is 0 Å². The van der Waals surface area contributed by atoms with E-state index in [9.17, 15) is 0 Å². The Hall–Kier alpha value is -1.000. The van der Waals surface area contributed by atoms with Crippen LogP contribution in [0.4, 0.5) is 5.69 Å². The van der Waals surface area contributed by atoms with Crippen LogP contribution in [-0.4, -0.2) is 18.2 Å². The summed E-state index contributed by atoms with van der Waals surface area (Å²) in [5.74, 6) is 0. The lowest BCUT2D eigenvalue weighted by Crippen LogP contribution is -2.48. The Bertz CT molecular complexity index is 653. The molecule has 3 aliphatic heterocycles. The molecule has 4 rings (SSSR count). The van der Waals surface area contributed by atoms with Crippen molar-refractivity contribution in [3.05, 3.63) is 51.7 Å². The van der Waals surface area contributed by atoms with E-state index in [0.29, 0.717) is 22.1 Å². The minimum absolute atomic E-state index is 0.118. The fourth-order valence-corrected chi connectivity index (χ4v) is 3.95. The zero-order chi connectivity index (χ0) is 14.6. The third-order valence-electron chi connectivity index (χ3n) is 4.73. The quantitative estimate of drug-likeness (QED) is 0.832. The zero-order valence-corrected chi connectivity index (χ0v) is 13.0. The lowest BCUT2D eigenvalue weighted by atomic mass is 9.90. The summed E-state index contributed by atoms with van der Waals surface area (Å²) in [4.78, 5) is 2.08. The van der Waals surface area contributed by atoms with Gasteiger partial charge in [0.15, 0.2) is 0 Å². The average molecular weight is 322 g/mol. The normalized spacial score (nSPS) is 30.8. The summed E-state index contributed by atoms with van der Waals surface area (Å²) in [5, 5.41) is 4.78. The standard InChI is InChI=1S/C16H17Cl2N3/c17-13-3-2-10(8-14(13)18)21-6-5-11-12(16(21)19)7-9-1-4-15(11)20-9/h2-3,5-6,8-9,15-16,20H,1,4,7,19H2. The maximum atomic E-state index is 6.52. The van der Waals surface area contributed by atoms with Gasteiger partial charge < -0.3 is 16.0 Å². The molecule has 1 saturated heterocycles. The average Bonchev–Trinajstić information content (AvgIpc) is 2.86. The molecule has 0 radical (unpaired) electrons. The van der Waals surface area contributed by atoms with Gasteiger partial charge in [-0.3, -0.25) is 0 Å². The molecule has 21 heavy (non-hydrogen) atoms. The highest BCUT2D eigenvalue weighted by atomic mass is 35.5. The fourth-order valence-electron chi connectivity index (χ4n) is 3.66. The Morgan fingerprint density at radius 3 is 2.86 bits per heavy atom. The van der Waals surface area contributed by atoms with Crippen molar-refractivity contribution in [3.8, 4) is 0 Å². The van der Waals surface area contributed by atoms with Crippen LogP contribution >= 0.6 is 23.2 Å². The first-order valence-corrected chi connectivity index (χ1v) is 8.05. The number of hydrogen-bond donors (Lipinski definition) is 2. The van der Waals surface area contributed by atoms with Gasteiger partial charge in [-0.15, -0.1) is 0 Å². The number of benzene rings is 1. The van der Waals surface area contributed by atoms with Crippen molar-refractivity contribution in [1.82, 2.24) is 5.32 Å². The molecule has 0 amide bonds. The molecule has 3 nitrogen and oxygen atoms in total. The second-order valence-corrected chi connectivity index (χ2v) is 6.76. The highest BCUT2D eigenvalue weighted by Gasteiger charge is 2.37. The molecule has 0 saturated carbocycles. The molecule has 0 spiro atoms. The molecule has 110 valence electrons. The van der Waals surface area contributed by atoms with Crippen LogP contribution in [0, 0.1) is 0 Å². The topological polar surface area (TPSA) is 41.3 Å². The first kappa shape index (κ1) is 13.6. The smallest absolute Gasteiger partial charge is 0.104 e. The zero-order valence-electron chi connectivity index (χ0n) is 11.5. The Labute approximate surface area is 134 Å². The maximum Gasteiger partial charge on any atom is 0.104 e. The summed E-state index contributed by atoms with van der Waals surface area (Å²) in [6.07, 6.45) is 7.63. The largest absolute Gasteiger partial charge is 0.328 e. The number of anilines is 1. The van der Waals surface area contributed by atoms with Crippen molar-refractivity contribution in [3.63, 3.8) is 0 Å². The van der Waals surface area contributed by atoms with Crippen molar-refractivity contribution in [2.24, 2.45) is 5.73 Å². The molecule has 3 unspecified atom stereocenters. The van der Waals surface area contributed by atoms with Crippen LogP contribution < -0.4 is 16.0 Å². The lowest BCUT2D eigenvalue weighted by molar-refractivity contribution is 0.507. The van der Waals surface area contributed by atoms with Gasteiger partial charge in [0, 0.05) is 24.0 Å². The van der Waals surface area contributed by atoms with E-state index in [0.717, 1.165) is 12.1 Å². The molecular weight excluding hydrogens is 305 g/mol. The summed E-state index contributed by atoms with van der Waals surface area (Å²) < 4.78 is 0. The van der Waals surface area contributed by atoms with Gasteiger partial charge in [0.2, 0.25) is 0 Å². The summed E-state index contributed by atoms with van der Waals surface area (Å²) in [5.41, 5.74) is 10.2. The van der Waals surface area contributed by atoms with E-state index in [2.05, 4.69) is 22.5 Å². The first-order chi connectivity index (χ1) is 10.1. The molecule has 1 aromatic carbocycles. The molecule has 2 bridgehead atoms. The van der Waals surface area contributed by atoms with Gasteiger partial charge in [-0.1, -0.05) is 23.2 Å². The highest BCUT2D eigenvalue weighted by Crippen LogP contribution is 2.38. The minimum atomic E-state index is -0.118. The molecule has 3 atom stereocenters. The molecular formula is C16H17Cl2N3. The van der Waals surface area contributed by atoms with Crippen molar-refractivity contribution in [2.45, 2.75) is 37.5 Å². The number of nitrogens with two attached hydrogens (primary N) is 1. The Morgan fingerprint density at radius 1 is 1.19 bits per heavy atom. The Kier molecular flexibility index (Phi) is 3.27. The van der Waals surface area contributed by atoms with Gasteiger partial charge >= 0.3 is 0 Å². The molecule has 1 fully saturated rings. The molecule has 0 aromatic heterocycles. The number of nitrogens with zero attached hydrogens (tertiary/aromatic N) is 1. The highest BCUT2D eigenvalue weighted by molar-refractivity contribution is 6.42. The van der Waals surface area contributed by atoms with E-state index >= 15 is 0 Å². The summed E-state index contributed by atoms with van der Waals surface area (Å²) in [6, 6.07) is 6.71. The fraction of sp³-hybridized carbons (Fsp3) is 0.375. The monoisotopic (exact) mass is 321 g/mol. The number of fused-ring (bicyclic) bond motifs is 3. The van der Waals surface area contributed by atoms with Crippen LogP contribution in [0.2, 0.25) is 10.0 Å². The SMILES string of the molecule is NC1C2=C(C=CN1c1ccc(Cl)c(Cl)c1)C1CCC(C2)N1. The molecule has 1 aromatic rings. The molecule has 3 aliphatic rings. The van der Waals surface area contributed by atoms with Crippen LogP contribution in [0.5, 0.6) is 0 Å². The van der Waals surface area contributed by atoms with Crippen LogP contribution in [0.15, 0.2) is 41.6 Å². The Balaban J connectivity index is 1.68. The van der Waals surface area contributed by atoms with Crippen LogP contribution in [0.1, 0.15) is 19.3 Å².